The third kappa shape index (κ3) is 4.38. The van der Waals surface area contributed by atoms with E-state index < -0.39 is 23.6 Å². The van der Waals surface area contributed by atoms with Crippen LogP contribution in [-0.4, -0.2) is 19.5 Å². The first kappa shape index (κ1) is 19.2. The number of imidazole rings is 1. The molecule has 2 aromatic heterocycles. The van der Waals surface area contributed by atoms with Crippen LogP contribution in [0.4, 0.5) is 26.3 Å². The number of hydrogen-bond donors (Lipinski definition) is 0. The van der Waals surface area contributed by atoms with Crippen molar-refractivity contribution in [3.63, 3.8) is 0 Å². The molecule has 3 aromatic rings. The molecule has 2 heterocycles. The Morgan fingerprint density at radius 3 is 2.00 bits per heavy atom. The van der Waals surface area contributed by atoms with Crippen molar-refractivity contribution in [1.29, 1.82) is 0 Å². The van der Waals surface area contributed by atoms with E-state index in [1.54, 1.807) is 0 Å². The SMILES string of the molecule is FC(F)(F)c1ccc(-c2nc(C(F)(F)F)cn2Cc2ncc(Cl)cn2)cc1. The van der Waals surface area contributed by atoms with Gasteiger partial charge in [-0.1, -0.05) is 23.7 Å². The first-order chi connectivity index (χ1) is 12.5. The first-order valence-electron chi connectivity index (χ1n) is 7.32. The number of aromatic nitrogens is 4. The van der Waals surface area contributed by atoms with Gasteiger partial charge in [-0.3, -0.25) is 0 Å². The lowest BCUT2D eigenvalue weighted by Gasteiger charge is -2.09. The maximum absolute atomic E-state index is 13.0. The maximum Gasteiger partial charge on any atom is 0.434 e. The fraction of sp³-hybridized carbons (Fsp3) is 0.188. The molecule has 4 nitrogen and oxygen atoms in total. The molecule has 3 rings (SSSR count). The van der Waals surface area contributed by atoms with Crippen molar-refractivity contribution >= 4 is 11.6 Å². The third-order valence-electron chi connectivity index (χ3n) is 3.52. The van der Waals surface area contributed by atoms with Crippen LogP contribution in [0.5, 0.6) is 0 Å². The van der Waals surface area contributed by atoms with Crippen molar-refractivity contribution in [2.24, 2.45) is 0 Å². The fourth-order valence-electron chi connectivity index (χ4n) is 2.28. The Bertz CT molecular complexity index is 930. The van der Waals surface area contributed by atoms with E-state index in [9.17, 15) is 26.3 Å². The highest BCUT2D eigenvalue weighted by molar-refractivity contribution is 6.30. The van der Waals surface area contributed by atoms with Gasteiger partial charge < -0.3 is 4.57 Å². The molecule has 0 aliphatic rings. The van der Waals surface area contributed by atoms with Crippen LogP contribution in [0.1, 0.15) is 17.1 Å². The molecule has 0 atom stereocenters. The molecular weight excluding hydrogens is 398 g/mol. The predicted molar refractivity (Wildman–Crippen MR) is 83.8 cm³/mol. The van der Waals surface area contributed by atoms with Gasteiger partial charge in [0.05, 0.1) is 17.1 Å². The zero-order chi connectivity index (χ0) is 19.8. The molecule has 27 heavy (non-hydrogen) atoms. The molecule has 0 fully saturated rings. The summed E-state index contributed by atoms with van der Waals surface area (Å²) in [5.41, 5.74) is -2.00. The van der Waals surface area contributed by atoms with Gasteiger partial charge in [0.1, 0.15) is 11.6 Å². The van der Waals surface area contributed by atoms with Gasteiger partial charge in [-0.05, 0) is 12.1 Å². The number of halogens is 7. The molecular formula is C16H9ClF6N4. The summed E-state index contributed by atoms with van der Waals surface area (Å²) in [4.78, 5) is 11.3. The van der Waals surface area contributed by atoms with Gasteiger partial charge in [0.2, 0.25) is 0 Å². The highest BCUT2D eigenvalue weighted by Crippen LogP contribution is 2.33. The van der Waals surface area contributed by atoms with E-state index in [1.807, 2.05) is 0 Å². The van der Waals surface area contributed by atoms with Gasteiger partial charge in [-0.2, -0.15) is 26.3 Å². The Balaban J connectivity index is 2.02. The molecule has 11 heteroatoms. The standard InChI is InChI=1S/C16H9ClF6N4/c17-11-5-24-13(25-6-11)8-27-7-12(16(21,22)23)26-14(27)9-1-3-10(4-2-9)15(18,19)20/h1-7H,8H2. The summed E-state index contributed by atoms with van der Waals surface area (Å²) in [5.74, 6) is 0.00767. The van der Waals surface area contributed by atoms with Gasteiger partial charge in [0.15, 0.2) is 5.69 Å². The molecule has 142 valence electrons. The van der Waals surface area contributed by atoms with Gasteiger partial charge in [0, 0.05) is 24.2 Å². The molecule has 0 radical (unpaired) electrons. The fourth-order valence-corrected chi connectivity index (χ4v) is 2.38. The van der Waals surface area contributed by atoms with Crippen molar-refractivity contribution in [2.45, 2.75) is 18.9 Å². The minimum absolute atomic E-state index is 0.0902. The highest BCUT2D eigenvalue weighted by atomic mass is 35.5. The van der Waals surface area contributed by atoms with Crippen LogP contribution >= 0.6 is 11.6 Å². The lowest BCUT2D eigenvalue weighted by Crippen LogP contribution is -2.06. The van der Waals surface area contributed by atoms with Crippen LogP contribution in [0, 0.1) is 0 Å². The van der Waals surface area contributed by atoms with Crippen molar-refractivity contribution in [3.8, 4) is 11.4 Å². The van der Waals surface area contributed by atoms with Crippen LogP contribution < -0.4 is 0 Å². The minimum Gasteiger partial charge on any atom is -0.323 e. The summed E-state index contributed by atoms with van der Waals surface area (Å²) in [6, 6.07) is 3.68. The topological polar surface area (TPSA) is 43.6 Å². The van der Waals surface area contributed by atoms with Gasteiger partial charge in [0.25, 0.3) is 0 Å². The van der Waals surface area contributed by atoms with Crippen molar-refractivity contribution < 1.29 is 26.3 Å². The molecule has 0 unspecified atom stereocenters. The van der Waals surface area contributed by atoms with E-state index in [-0.39, 0.29) is 28.8 Å². The van der Waals surface area contributed by atoms with E-state index in [4.69, 9.17) is 11.6 Å². The van der Waals surface area contributed by atoms with E-state index in [2.05, 4.69) is 15.0 Å². The highest BCUT2D eigenvalue weighted by Gasteiger charge is 2.35. The van der Waals surface area contributed by atoms with Crippen molar-refractivity contribution in [3.05, 3.63) is 65.0 Å². The summed E-state index contributed by atoms with van der Waals surface area (Å²) >= 11 is 5.67. The third-order valence-corrected chi connectivity index (χ3v) is 3.72. The second-order valence-corrected chi connectivity index (χ2v) is 5.90. The van der Waals surface area contributed by atoms with Crippen LogP contribution in [-0.2, 0) is 18.9 Å². The van der Waals surface area contributed by atoms with Crippen molar-refractivity contribution in [1.82, 2.24) is 19.5 Å². The maximum atomic E-state index is 13.0. The normalized spacial score (nSPS) is 12.4. The summed E-state index contributed by atoms with van der Waals surface area (Å²) in [6.07, 6.45) is -5.95. The largest absolute Gasteiger partial charge is 0.434 e. The summed E-state index contributed by atoms with van der Waals surface area (Å²) in [5, 5.41) is 0.253. The lowest BCUT2D eigenvalue weighted by atomic mass is 10.1. The number of hydrogen-bond acceptors (Lipinski definition) is 3. The molecule has 0 aliphatic carbocycles. The number of rotatable bonds is 3. The monoisotopic (exact) mass is 406 g/mol. The predicted octanol–water partition coefficient (Wildman–Crippen LogP) is 5.08. The number of alkyl halides is 6. The molecule has 0 N–H and O–H groups in total. The second kappa shape index (κ2) is 6.84. The second-order valence-electron chi connectivity index (χ2n) is 5.47. The lowest BCUT2D eigenvalue weighted by molar-refractivity contribution is -0.141. The summed E-state index contributed by atoms with van der Waals surface area (Å²) in [6.45, 7) is -0.170. The van der Waals surface area contributed by atoms with E-state index in [1.165, 1.54) is 12.4 Å². The molecule has 0 saturated heterocycles. The molecule has 0 aliphatic heterocycles. The zero-order valence-corrected chi connectivity index (χ0v) is 13.9. The van der Waals surface area contributed by atoms with Gasteiger partial charge >= 0.3 is 12.4 Å². The Labute approximate surface area is 153 Å². The summed E-state index contributed by atoms with van der Waals surface area (Å²) < 4.78 is 78.3. The van der Waals surface area contributed by atoms with Crippen LogP contribution in [0.15, 0.2) is 42.9 Å². The summed E-state index contributed by atoms with van der Waals surface area (Å²) in [7, 11) is 0. The molecule has 0 saturated carbocycles. The number of nitrogens with zero attached hydrogens (tertiary/aromatic N) is 4. The number of benzene rings is 1. The molecule has 0 amide bonds. The van der Waals surface area contributed by atoms with Crippen LogP contribution in [0.2, 0.25) is 5.02 Å². The quantitative estimate of drug-likeness (QED) is 0.570. The Kier molecular flexibility index (Phi) is 4.85. The van der Waals surface area contributed by atoms with Gasteiger partial charge in [-0.25, -0.2) is 15.0 Å². The Morgan fingerprint density at radius 1 is 0.889 bits per heavy atom. The van der Waals surface area contributed by atoms with Crippen LogP contribution in [0.3, 0.4) is 0 Å². The first-order valence-corrected chi connectivity index (χ1v) is 7.70. The van der Waals surface area contributed by atoms with E-state index >= 15 is 0 Å². The van der Waals surface area contributed by atoms with E-state index in [0.29, 0.717) is 0 Å². The molecule has 0 spiro atoms. The zero-order valence-electron chi connectivity index (χ0n) is 13.2. The Hall–Kier alpha value is -2.62. The van der Waals surface area contributed by atoms with Crippen LogP contribution in [0.25, 0.3) is 11.4 Å². The molecule has 0 bridgehead atoms. The average molecular weight is 407 g/mol. The van der Waals surface area contributed by atoms with Gasteiger partial charge in [-0.15, -0.1) is 0 Å². The smallest absolute Gasteiger partial charge is 0.323 e. The van der Waals surface area contributed by atoms with E-state index in [0.717, 1.165) is 35.0 Å². The average Bonchev–Trinajstić information content (AvgIpc) is 3.00. The molecule has 1 aromatic carbocycles. The van der Waals surface area contributed by atoms with Crippen molar-refractivity contribution in [2.75, 3.05) is 0 Å². The Morgan fingerprint density at radius 2 is 1.48 bits per heavy atom. The minimum atomic E-state index is -4.72.